The van der Waals surface area contributed by atoms with E-state index < -0.39 is 17.3 Å². The van der Waals surface area contributed by atoms with Crippen molar-refractivity contribution in [2.45, 2.75) is 43.6 Å². The fourth-order valence-electron chi connectivity index (χ4n) is 6.97. The zero-order chi connectivity index (χ0) is 30.9. The summed E-state index contributed by atoms with van der Waals surface area (Å²) in [6.45, 7) is 6.63. The van der Waals surface area contributed by atoms with Gasteiger partial charge in [-0.3, -0.25) is 14.7 Å². The van der Waals surface area contributed by atoms with Crippen LogP contribution in [0.1, 0.15) is 19.8 Å². The van der Waals surface area contributed by atoms with Gasteiger partial charge in [-0.1, -0.05) is 42.4 Å². The second-order valence-corrected chi connectivity index (χ2v) is 12.5. The van der Waals surface area contributed by atoms with Crippen molar-refractivity contribution in [2.75, 3.05) is 38.2 Å². The van der Waals surface area contributed by atoms with Gasteiger partial charge in [0.1, 0.15) is 35.1 Å². The molecule has 1 amide bonds. The predicted molar refractivity (Wildman–Crippen MR) is 163 cm³/mol. The summed E-state index contributed by atoms with van der Waals surface area (Å²) < 4.78 is 51.7. The number of likely N-dealkylation sites (tertiary alicyclic amines) is 2. The number of anilines is 1. The number of fused-ring (bicyclic) bond motifs is 3. The monoisotopic (exact) mass is 622 g/mol. The van der Waals surface area contributed by atoms with Crippen LogP contribution in [0.5, 0.6) is 6.01 Å². The van der Waals surface area contributed by atoms with Crippen molar-refractivity contribution in [2.24, 2.45) is 0 Å². The lowest BCUT2D eigenvalue weighted by Gasteiger charge is -2.47. The van der Waals surface area contributed by atoms with E-state index >= 15 is 4.39 Å². The third-order valence-electron chi connectivity index (χ3n) is 9.13. The molecule has 0 radical (unpaired) electrons. The molecule has 44 heavy (non-hydrogen) atoms. The van der Waals surface area contributed by atoms with Crippen LogP contribution in [0.4, 0.5) is 19.0 Å². The van der Waals surface area contributed by atoms with Gasteiger partial charge in [0.15, 0.2) is 5.82 Å². The third kappa shape index (κ3) is 4.64. The van der Waals surface area contributed by atoms with Gasteiger partial charge in [0.25, 0.3) is 0 Å². The van der Waals surface area contributed by atoms with Gasteiger partial charge in [0.2, 0.25) is 5.91 Å². The molecule has 7 rings (SSSR count). The first-order valence-electron chi connectivity index (χ1n) is 14.5. The summed E-state index contributed by atoms with van der Waals surface area (Å²) in [5.74, 6) is -1.04. The van der Waals surface area contributed by atoms with E-state index in [2.05, 4.69) is 16.5 Å². The van der Waals surface area contributed by atoms with Crippen LogP contribution in [0, 0.1) is 11.6 Å². The van der Waals surface area contributed by atoms with Gasteiger partial charge in [-0.05, 0) is 37.9 Å². The molecule has 4 aromatic rings. The fraction of sp³-hybridized carbons (Fsp3) is 0.375. The number of aromatic nitrogens is 3. The molecule has 228 valence electrons. The minimum atomic E-state index is -1.34. The first kappa shape index (κ1) is 28.8. The highest BCUT2D eigenvalue weighted by molar-refractivity contribution is 6.36. The van der Waals surface area contributed by atoms with Crippen LogP contribution in [0.25, 0.3) is 32.9 Å². The zero-order valence-electron chi connectivity index (χ0n) is 24.2. The molecule has 3 saturated heterocycles. The Bertz CT molecular complexity index is 1840. The summed E-state index contributed by atoms with van der Waals surface area (Å²) in [7, 11) is 1.83. The molecule has 3 fully saturated rings. The molecule has 0 saturated carbocycles. The summed E-state index contributed by atoms with van der Waals surface area (Å²) >= 11 is 6.36. The molecule has 0 bridgehead atoms. The Kier molecular flexibility index (Phi) is 6.93. The van der Waals surface area contributed by atoms with Gasteiger partial charge in [0.05, 0.1) is 22.5 Å². The van der Waals surface area contributed by atoms with E-state index in [1.165, 1.54) is 18.3 Å². The van der Waals surface area contributed by atoms with E-state index in [0.717, 1.165) is 0 Å². The minimum absolute atomic E-state index is 0.0184. The fourth-order valence-corrected chi connectivity index (χ4v) is 7.25. The van der Waals surface area contributed by atoms with Gasteiger partial charge < -0.3 is 14.5 Å². The number of nitrogens with zero attached hydrogens (tertiary/aromatic N) is 6. The summed E-state index contributed by atoms with van der Waals surface area (Å²) in [5.41, 5.74) is -1.08. The van der Waals surface area contributed by atoms with Crippen molar-refractivity contribution in [1.29, 1.82) is 0 Å². The van der Waals surface area contributed by atoms with Crippen molar-refractivity contribution in [3.63, 3.8) is 0 Å². The second kappa shape index (κ2) is 10.6. The number of rotatable bonds is 6. The molecular weight excluding hydrogens is 593 g/mol. The van der Waals surface area contributed by atoms with Crippen molar-refractivity contribution in [1.82, 2.24) is 24.8 Å². The molecule has 1 unspecified atom stereocenters. The second-order valence-electron chi connectivity index (χ2n) is 12.1. The number of ether oxygens (including phenoxy) is 1. The topological polar surface area (TPSA) is 74.7 Å². The van der Waals surface area contributed by atoms with Gasteiger partial charge in [0, 0.05) is 49.2 Å². The first-order chi connectivity index (χ1) is 21.1. The van der Waals surface area contributed by atoms with Crippen LogP contribution < -0.4 is 9.64 Å². The van der Waals surface area contributed by atoms with Crippen molar-refractivity contribution in [3.05, 3.63) is 65.8 Å². The quantitative estimate of drug-likeness (QED) is 0.261. The van der Waals surface area contributed by atoms with E-state index in [1.54, 1.807) is 36.1 Å². The lowest BCUT2D eigenvalue weighted by Crippen LogP contribution is -2.63. The number of hydrogen-bond donors (Lipinski definition) is 0. The standard InChI is InChI=1S/C32H30ClF3N6O2/c1-4-24(43)41-11-10-22-23(41)14-42(22)30-20-13-37-28(19-7-5-6-17-8-9-21(34)26(33)25(17)19)27(35)29(20)38-31(39-30)44-15-18-12-32(2,36)16-40(18)3/h4-9,13,18,22-23H,1,10-12,14-16H2,2-3H3/t18-,22+,23+,32?/m0/s1. The number of carbonyl (C=O) groups excluding carboxylic acids is 1. The average Bonchev–Trinajstić information content (AvgIpc) is 3.46. The first-order valence-corrected chi connectivity index (χ1v) is 14.9. The normalized spacial score (nSPS) is 25.0. The third-order valence-corrected chi connectivity index (χ3v) is 9.50. The summed E-state index contributed by atoms with van der Waals surface area (Å²) in [4.78, 5) is 31.7. The number of amides is 1. The number of likely N-dealkylation sites (N-methyl/N-ethyl adjacent to an activating group) is 1. The number of halogens is 4. The Hall–Kier alpha value is -3.96. The molecule has 12 heteroatoms. The maximum absolute atomic E-state index is 16.6. The predicted octanol–water partition coefficient (Wildman–Crippen LogP) is 5.56. The molecule has 0 aliphatic carbocycles. The minimum Gasteiger partial charge on any atom is -0.462 e. The van der Waals surface area contributed by atoms with E-state index in [-0.39, 0.29) is 65.8 Å². The van der Waals surface area contributed by atoms with Crippen LogP contribution in [-0.4, -0.2) is 87.7 Å². The highest BCUT2D eigenvalue weighted by atomic mass is 35.5. The highest BCUT2D eigenvalue weighted by Gasteiger charge is 2.49. The molecule has 2 aromatic carbocycles. The largest absolute Gasteiger partial charge is 0.462 e. The SMILES string of the molecule is C=CC(=O)N1CC[C@@H]2[C@H]1CN2c1nc(OC[C@@H]2CC(C)(F)CN2C)nc2c(F)c(-c3cccc4ccc(F)c(Cl)c34)ncc12. The van der Waals surface area contributed by atoms with Crippen LogP contribution in [0.2, 0.25) is 5.02 Å². The summed E-state index contributed by atoms with van der Waals surface area (Å²) in [6.07, 6.45) is 3.81. The van der Waals surface area contributed by atoms with Gasteiger partial charge in [-0.25, -0.2) is 13.2 Å². The Labute approximate surface area is 257 Å². The maximum atomic E-state index is 16.6. The maximum Gasteiger partial charge on any atom is 0.319 e. The van der Waals surface area contributed by atoms with Crippen LogP contribution in [0.3, 0.4) is 0 Å². The molecule has 0 N–H and O–H groups in total. The lowest BCUT2D eigenvalue weighted by molar-refractivity contribution is -0.127. The molecule has 2 aromatic heterocycles. The molecule has 3 aliphatic rings. The van der Waals surface area contributed by atoms with Gasteiger partial charge in [-0.2, -0.15) is 9.97 Å². The van der Waals surface area contributed by atoms with Crippen molar-refractivity contribution in [3.8, 4) is 17.3 Å². The van der Waals surface area contributed by atoms with Crippen LogP contribution in [-0.2, 0) is 4.79 Å². The van der Waals surface area contributed by atoms with Crippen LogP contribution >= 0.6 is 11.6 Å². The number of hydrogen-bond acceptors (Lipinski definition) is 7. The summed E-state index contributed by atoms with van der Waals surface area (Å²) in [5, 5.41) is 1.22. The molecule has 0 spiro atoms. The molecule has 3 aliphatic heterocycles. The highest BCUT2D eigenvalue weighted by Crippen LogP contribution is 2.42. The molecule has 5 heterocycles. The molecule has 8 nitrogen and oxygen atoms in total. The number of alkyl halides is 1. The van der Waals surface area contributed by atoms with Gasteiger partial charge in [-0.15, -0.1) is 0 Å². The average molecular weight is 623 g/mol. The Morgan fingerprint density at radius 2 is 2.05 bits per heavy atom. The Balaban J connectivity index is 1.32. The Morgan fingerprint density at radius 1 is 1.23 bits per heavy atom. The summed E-state index contributed by atoms with van der Waals surface area (Å²) in [6, 6.07) is 7.67. The number of benzene rings is 2. The van der Waals surface area contributed by atoms with E-state index in [4.69, 9.17) is 21.3 Å². The molecular formula is C32H30ClF3N6O2. The smallest absolute Gasteiger partial charge is 0.319 e. The van der Waals surface area contributed by atoms with E-state index in [0.29, 0.717) is 47.1 Å². The zero-order valence-corrected chi connectivity index (χ0v) is 25.0. The molecule has 4 atom stereocenters. The van der Waals surface area contributed by atoms with Gasteiger partial charge >= 0.3 is 6.01 Å². The Morgan fingerprint density at radius 3 is 2.80 bits per heavy atom. The number of carbonyl (C=O) groups is 1. The van der Waals surface area contributed by atoms with Crippen LogP contribution in [0.15, 0.2) is 49.2 Å². The van der Waals surface area contributed by atoms with Crippen molar-refractivity contribution < 1.29 is 22.7 Å². The number of pyridine rings is 1. The van der Waals surface area contributed by atoms with E-state index in [1.807, 2.05) is 16.8 Å². The van der Waals surface area contributed by atoms with Crippen molar-refractivity contribution >= 4 is 45.0 Å². The van der Waals surface area contributed by atoms with E-state index in [9.17, 15) is 13.6 Å². The lowest BCUT2D eigenvalue weighted by atomic mass is 9.96.